The van der Waals surface area contributed by atoms with Crippen molar-refractivity contribution in [2.24, 2.45) is 5.73 Å². The van der Waals surface area contributed by atoms with Crippen LogP contribution in [0.5, 0.6) is 0 Å². The first-order chi connectivity index (χ1) is 9.40. The molecule has 0 saturated heterocycles. The lowest BCUT2D eigenvalue weighted by atomic mass is 9.91. The molecule has 1 unspecified atom stereocenters. The average molecular weight is 270 g/mol. The van der Waals surface area contributed by atoms with E-state index in [2.05, 4.69) is 0 Å². The van der Waals surface area contributed by atoms with Crippen LogP contribution in [0, 0.1) is 30.9 Å². The number of non-ortho nitro benzene ring substituents is 1. The number of nitrogens with zero attached hydrogens (tertiary/aromatic N) is 1. The quantitative estimate of drug-likeness (QED) is 0.684. The third-order valence-corrected chi connectivity index (χ3v) is 3.58. The van der Waals surface area contributed by atoms with Crippen LogP contribution < -0.4 is 5.73 Å². The molecule has 0 aliphatic rings. The number of hydrogen-bond donors (Lipinski definition) is 1. The van der Waals surface area contributed by atoms with Gasteiger partial charge in [-0.3, -0.25) is 10.1 Å². The van der Waals surface area contributed by atoms with Gasteiger partial charge in [0.15, 0.2) is 0 Å². The minimum Gasteiger partial charge on any atom is -0.320 e. The van der Waals surface area contributed by atoms with Crippen LogP contribution in [0.2, 0.25) is 0 Å². The van der Waals surface area contributed by atoms with Crippen LogP contribution in [0.15, 0.2) is 36.4 Å². The number of hydrogen-bond acceptors (Lipinski definition) is 3. The van der Waals surface area contributed by atoms with Gasteiger partial charge in [-0.1, -0.05) is 29.8 Å². The fourth-order valence-corrected chi connectivity index (χ4v) is 2.34. The maximum absolute atomic E-state index is 10.9. The Kier molecular flexibility index (Phi) is 3.86. The molecule has 0 aliphatic carbocycles. The SMILES string of the molecule is Cc1ccc(C)c(C(N)c2cc([N+](=O)[O-])ccc2C)c1. The maximum atomic E-state index is 10.9. The van der Waals surface area contributed by atoms with Crippen molar-refractivity contribution in [2.45, 2.75) is 26.8 Å². The van der Waals surface area contributed by atoms with Crippen LogP contribution in [0.1, 0.15) is 33.9 Å². The number of nitro groups is 1. The Bertz CT molecular complexity index is 666. The van der Waals surface area contributed by atoms with Gasteiger partial charge in [-0.05, 0) is 43.0 Å². The van der Waals surface area contributed by atoms with Crippen LogP contribution in [0.3, 0.4) is 0 Å². The minimum atomic E-state index is -0.390. The van der Waals surface area contributed by atoms with Crippen molar-refractivity contribution < 1.29 is 4.92 Å². The van der Waals surface area contributed by atoms with Gasteiger partial charge in [0.05, 0.1) is 11.0 Å². The van der Waals surface area contributed by atoms with E-state index < -0.39 is 4.92 Å². The van der Waals surface area contributed by atoms with Gasteiger partial charge in [0.2, 0.25) is 0 Å². The highest BCUT2D eigenvalue weighted by atomic mass is 16.6. The van der Waals surface area contributed by atoms with Crippen LogP contribution in [-0.4, -0.2) is 4.92 Å². The number of benzene rings is 2. The summed E-state index contributed by atoms with van der Waals surface area (Å²) in [5.41, 5.74) is 11.4. The van der Waals surface area contributed by atoms with Gasteiger partial charge in [0, 0.05) is 12.1 Å². The van der Waals surface area contributed by atoms with Crippen molar-refractivity contribution in [3.8, 4) is 0 Å². The third-order valence-electron chi connectivity index (χ3n) is 3.58. The van der Waals surface area contributed by atoms with Crippen LogP contribution in [-0.2, 0) is 0 Å². The second-order valence-electron chi connectivity index (χ2n) is 5.14. The molecular weight excluding hydrogens is 252 g/mol. The van der Waals surface area contributed by atoms with Crippen molar-refractivity contribution >= 4 is 5.69 Å². The highest BCUT2D eigenvalue weighted by Gasteiger charge is 2.17. The predicted octanol–water partition coefficient (Wildman–Crippen LogP) is 3.57. The van der Waals surface area contributed by atoms with E-state index in [1.54, 1.807) is 12.1 Å². The first-order valence-corrected chi connectivity index (χ1v) is 6.48. The Hall–Kier alpha value is -2.20. The Labute approximate surface area is 118 Å². The van der Waals surface area contributed by atoms with Gasteiger partial charge in [-0.2, -0.15) is 0 Å². The second-order valence-corrected chi connectivity index (χ2v) is 5.14. The van der Waals surface area contributed by atoms with E-state index in [9.17, 15) is 10.1 Å². The normalized spacial score (nSPS) is 12.2. The van der Waals surface area contributed by atoms with Gasteiger partial charge >= 0.3 is 0 Å². The van der Waals surface area contributed by atoms with E-state index in [0.29, 0.717) is 0 Å². The number of aryl methyl sites for hydroxylation is 3. The van der Waals surface area contributed by atoms with Crippen molar-refractivity contribution in [1.82, 2.24) is 0 Å². The first-order valence-electron chi connectivity index (χ1n) is 6.48. The zero-order valence-corrected chi connectivity index (χ0v) is 11.9. The summed E-state index contributed by atoms with van der Waals surface area (Å²) in [6, 6.07) is 10.6. The molecule has 0 fully saturated rings. The summed E-state index contributed by atoms with van der Waals surface area (Å²) in [7, 11) is 0. The topological polar surface area (TPSA) is 69.2 Å². The van der Waals surface area contributed by atoms with Gasteiger partial charge < -0.3 is 5.73 Å². The van der Waals surface area contributed by atoms with Gasteiger partial charge in [0.1, 0.15) is 0 Å². The number of nitrogens with two attached hydrogens (primary N) is 1. The van der Waals surface area contributed by atoms with Gasteiger partial charge in [-0.15, -0.1) is 0 Å². The smallest absolute Gasteiger partial charge is 0.269 e. The Morgan fingerprint density at radius 1 is 1.00 bits per heavy atom. The van der Waals surface area contributed by atoms with Crippen LogP contribution >= 0.6 is 0 Å². The molecule has 0 bridgehead atoms. The van der Waals surface area contributed by atoms with Crippen LogP contribution in [0.4, 0.5) is 5.69 Å². The van der Waals surface area contributed by atoms with E-state index in [0.717, 1.165) is 27.8 Å². The molecule has 4 heteroatoms. The second kappa shape index (κ2) is 5.43. The van der Waals surface area contributed by atoms with E-state index in [1.807, 2.05) is 39.0 Å². The third kappa shape index (κ3) is 2.70. The Morgan fingerprint density at radius 2 is 1.55 bits per heavy atom. The van der Waals surface area contributed by atoms with Crippen LogP contribution in [0.25, 0.3) is 0 Å². The molecule has 2 rings (SSSR count). The summed E-state index contributed by atoms with van der Waals surface area (Å²) in [4.78, 5) is 10.5. The molecule has 0 aliphatic heterocycles. The van der Waals surface area contributed by atoms with Crippen molar-refractivity contribution in [3.63, 3.8) is 0 Å². The van der Waals surface area contributed by atoms with Crippen molar-refractivity contribution in [2.75, 3.05) is 0 Å². The summed E-state index contributed by atoms with van der Waals surface area (Å²) >= 11 is 0. The minimum absolute atomic E-state index is 0.0753. The number of rotatable bonds is 3. The van der Waals surface area contributed by atoms with Gasteiger partial charge in [0.25, 0.3) is 5.69 Å². The fraction of sp³-hybridized carbons (Fsp3) is 0.250. The molecule has 2 aromatic rings. The molecule has 0 radical (unpaired) electrons. The highest BCUT2D eigenvalue weighted by Crippen LogP contribution is 2.28. The molecular formula is C16H18N2O2. The van der Waals surface area contributed by atoms with E-state index in [-0.39, 0.29) is 11.7 Å². The molecule has 104 valence electrons. The summed E-state index contributed by atoms with van der Waals surface area (Å²) in [6.07, 6.45) is 0. The fourth-order valence-electron chi connectivity index (χ4n) is 2.34. The molecule has 4 nitrogen and oxygen atoms in total. The molecule has 0 saturated carbocycles. The summed E-state index contributed by atoms with van der Waals surface area (Å²) < 4.78 is 0. The lowest BCUT2D eigenvalue weighted by Gasteiger charge is -2.18. The lowest BCUT2D eigenvalue weighted by molar-refractivity contribution is -0.384. The van der Waals surface area contributed by atoms with Crippen molar-refractivity contribution in [3.05, 3.63) is 74.3 Å². The highest BCUT2D eigenvalue weighted by molar-refractivity contribution is 5.46. The van der Waals surface area contributed by atoms with E-state index in [1.165, 1.54) is 6.07 Å². The number of nitro benzene ring substituents is 1. The zero-order chi connectivity index (χ0) is 14.9. The summed E-state index contributed by atoms with van der Waals surface area (Å²) in [5, 5.41) is 10.9. The largest absolute Gasteiger partial charge is 0.320 e. The summed E-state index contributed by atoms with van der Waals surface area (Å²) in [5.74, 6) is 0. The van der Waals surface area contributed by atoms with Crippen molar-refractivity contribution in [1.29, 1.82) is 0 Å². The van der Waals surface area contributed by atoms with Gasteiger partial charge in [-0.25, -0.2) is 0 Å². The Morgan fingerprint density at radius 3 is 2.15 bits per heavy atom. The van der Waals surface area contributed by atoms with E-state index >= 15 is 0 Å². The summed E-state index contributed by atoms with van der Waals surface area (Å²) in [6.45, 7) is 5.93. The molecule has 0 heterocycles. The molecule has 20 heavy (non-hydrogen) atoms. The lowest BCUT2D eigenvalue weighted by Crippen LogP contribution is -2.15. The first kappa shape index (κ1) is 14.2. The standard InChI is InChI=1S/C16H18N2O2/c1-10-4-5-11(2)14(8-10)16(17)15-9-13(18(19)20)7-6-12(15)3/h4-9,16H,17H2,1-3H3. The molecule has 2 N–H and O–H groups in total. The molecule has 0 spiro atoms. The predicted molar refractivity (Wildman–Crippen MR) is 79.8 cm³/mol. The average Bonchev–Trinajstić information content (AvgIpc) is 2.41. The maximum Gasteiger partial charge on any atom is 0.269 e. The Balaban J connectivity index is 2.52. The molecule has 1 atom stereocenters. The van der Waals surface area contributed by atoms with E-state index in [4.69, 9.17) is 5.73 Å². The molecule has 2 aromatic carbocycles. The molecule has 0 aromatic heterocycles. The zero-order valence-electron chi connectivity index (χ0n) is 11.9. The monoisotopic (exact) mass is 270 g/mol. The molecule has 0 amide bonds.